The second-order valence-corrected chi connectivity index (χ2v) is 10.1. The van der Waals surface area contributed by atoms with E-state index < -0.39 is 11.6 Å². The maximum absolute atomic E-state index is 14.1. The second kappa shape index (κ2) is 9.04. The van der Waals surface area contributed by atoms with Crippen LogP contribution >= 0.6 is 0 Å². The van der Waals surface area contributed by atoms with Crippen molar-refractivity contribution in [1.82, 2.24) is 19.4 Å². The van der Waals surface area contributed by atoms with Crippen molar-refractivity contribution < 1.29 is 9.18 Å². The Morgan fingerprint density at radius 1 is 1.14 bits per heavy atom. The number of amides is 1. The summed E-state index contributed by atoms with van der Waals surface area (Å²) < 4.78 is 15.6. The summed E-state index contributed by atoms with van der Waals surface area (Å²) in [6.07, 6.45) is 8.60. The predicted molar refractivity (Wildman–Crippen MR) is 139 cm³/mol. The largest absolute Gasteiger partial charge is 0.333 e. The highest BCUT2D eigenvalue weighted by Gasteiger charge is 2.50. The minimum absolute atomic E-state index is 0.163. The standard InChI is InChI=1S/C29H32FN5O/c1-19-15-22(7-12-26(19)33-17-20(2)32-18-33)16-25-27(36)35(21(3)23-8-10-24(30)11-9-23)28(31)34-14-6-5-13-29(25,34)4/h7-12,15-18,21,31H,5-6,13-14H2,1-4H3/b25-16-,31-28?. The van der Waals surface area contributed by atoms with Crippen LogP contribution in [0, 0.1) is 25.1 Å². The number of benzene rings is 2. The van der Waals surface area contributed by atoms with Crippen LogP contribution in [0.3, 0.4) is 0 Å². The number of carbonyl (C=O) groups is 1. The van der Waals surface area contributed by atoms with Crippen molar-refractivity contribution in [3.63, 3.8) is 0 Å². The monoisotopic (exact) mass is 485 g/mol. The third kappa shape index (κ3) is 4.02. The molecule has 0 aliphatic carbocycles. The number of halogens is 1. The van der Waals surface area contributed by atoms with Gasteiger partial charge < -0.3 is 9.47 Å². The molecule has 2 aliphatic heterocycles. The van der Waals surface area contributed by atoms with E-state index in [1.807, 2.05) is 43.1 Å². The van der Waals surface area contributed by atoms with Crippen molar-refractivity contribution >= 4 is 17.9 Å². The summed E-state index contributed by atoms with van der Waals surface area (Å²) in [4.78, 5) is 22.0. The number of aromatic nitrogens is 2. The molecule has 2 atom stereocenters. The third-order valence-corrected chi connectivity index (χ3v) is 7.67. The Kier molecular flexibility index (Phi) is 6.02. The van der Waals surface area contributed by atoms with Crippen LogP contribution in [0.5, 0.6) is 0 Å². The number of rotatable bonds is 4. The molecule has 36 heavy (non-hydrogen) atoms. The van der Waals surface area contributed by atoms with E-state index in [1.165, 1.54) is 12.1 Å². The van der Waals surface area contributed by atoms with E-state index in [2.05, 4.69) is 35.9 Å². The van der Waals surface area contributed by atoms with Gasteiger partial charge in [0.25, 0.3) is 5.91 Å². The van der Waals surface area contributed by atoms with E-state index in [1.54, 1.807) is 17.0 Å². The number of hydrogen-bond acceptors (Lipinski definition) is 3. The quantitative estimate of drug-likeness (QED) is 0.476. The SMILES string of the molecule is Cc1cn(-c2ccc(/C=C3/C(=O)N(C(C)c4ccc(F)cc4)C(=N)N4CCCCC34C)cc2C)cn1. The van der Waals surface area contributed by atoms with Crippen molar-refractivity contribution in [2.75, 3.05) is 6.54 Å². The van der Waals surface area contributed by atoms with Gasteiger partial charge in [-0.05, 0) is 94.0 Å². The Morgan fingerprint density at radius 3 is 2.56 bits per heavy atom. The third-order valence-electron chi connectivity index (χ3n) is 7.67. The van der Waals surface area contributed by atoms with Crippen LogP contribution in [0.15, 0.2) is 60.6 Å². The van der Waals surface area contributed by atoms with Gasteiger partial charge in [0.05, 0.1) is 23.6 Å². The van der Waals surface area contributed by atoms with Gasteiger partial charge in [-0.25, -0.2) is 9.37 Å². The lowest BCUT2D eigenvalue weighted by atomic mass is 9.78. The first-order chi connectivity index (χ1) is 17.2. The van der Waals surface area contributed by atoms with Crippen LogP contribution in [0.1, 0.15) is 61.5 Å². The first-order valence-corrected chi connectivity index (χ1v) is 12.5. The van der Waals surface area contributed by atoms with Crippen LogP contribution in [0.25, 0.3) is 11.8 Å². The van der Waals surface area contributed by atoms with Crippen molar-refractivity contribution in [2.24, 2.45) is 0 Å². The topological polar surface area (TPSA) is 65.2 Å². The van der Waals surface area contributed by atoms with Crippen molar-refractivity contribution in [1.29, 1.82) is 5.41 Å². The Hall–Kier alpha value is -3.74. The van der Waals surface area contributed by atoms with E-state index >= 15 is 0 Å². The van der Waals surface area contributed by atoms with Gasteiger partial charge in [-0.2, -0.15) is 0 Å². The summed E-state index contributed by atoms with van der Waals surface area (Å²) >= 11 is 0. The average molecular weight is 486 g/mol. The number of imidazole rings is 1. The summed E-state index contributed by atoms with van der Waals surface area (Å²) in [7, 11) is 0. The van der Waals surface area contributed by atoms with E-state index in [-0.39, 0.29) is 17.7 Å². The summed E-state index contributed by atoms with van der Waals surface area (Å²) in [5.74, 6) is -0.262. The Bertz CT molecular complexity index is 1360. The minimum atomic E-state index is -0.542. The first-order valence-electron chi connectivity index (χ1n) is 12.5. The maximum atomic E-state index is 14.1. The molecule has 7 heteroatoms. The normalized spacial score (nSPS) is 22.2. The van der Waals surface area contributed by atoms with Crippen LogP contribution in [0.4, 0.5) is 4.39 Å². The number of fused-ring (bicyclic) bond motifs is 1. The fraction of sp³-hybridized carbons (Fsp3) is 0.345. The number of guanidine groups is 1. The van der Waals surface area contributed by atoms with Gasteiger partial charge in [-0.3, -0.25) is 15.1 Å². The lowest BCUT2D eigenvalue weighted by Crippen LogP contribution is -2.66. The highest BCUT2D eigenvalue weighted by Crippen LogP contribution is 2.42. The van der Waals surface area contributed by atoms with Gasteiger partial charge in [0.2, 0.25) is 5.96 Å². The Labute approximate surface area is 211 Å². The zero-order valence-electron chi connectivity index (χ0n) is 21.3. The van der Waals surface area contributed by atoms with Crippen molar-refractivity contribution in [3.05, 3.63) is 88.8 Å². The number of nitrogens with zero attached hydrogens (tertiary/aromatic N) is 4. The molecule has 2 aliphatic rings. The van der Waals surface area contributed by atoms with Gasteiger partial charge in [0.15, 0.2) is 0 Å². The zero-order valence-corrected chi connectivity index (χ0v) is 21.3. The molecular formula is C29H32FN5O. The lowest BCUT2D eigenvalue weighted by Gasteiger charge is -2.54. The molecule has 186 valence electrons. The predicted octanol–water partition coefficient (Wildman–Crippen LogP) is 5.79. The molecule has 2 fully saturated rings. The minimum Gasteiger partial charge on any atom is -0.333 e. The van der Waals surface area contributed by atoms with Crippen molar-refractivity contribution in [2.45, 2.75) is 58.5 Å². The highest BCUT2D eigenvalue weighted by atomic mass is 19.1. The van der Waals surface area contributed by atoms with Gasteiger partial charge in [-0.1, -0.05) is 18.2 Å². The zero-order chi connectivity index (χ0) is 25.6. The van der Waals surface area contributed by atoms with E-state index in [4.69, 9.17) is 5.41 Å². The molecule has 0 spiro atoms. The van der Waals surface area contributed by atoms with Crippen LogP contribution < -0.4 is 0 Å². The first kappa shape index (κ1) is 24.0. The second-order valence-electron chi connectivity index (χ2n) is 10.1. The fourth-order valence-corrected chi connectivity index (χ4v) is 5.57. The average Bonchev–Trinajstić information content (AvgIpc) is 3.28. The molecule has 5 rings (SSSR count). The van der Waals surface area contributed by atoms with Crippen LogP contribution in [0.2, 0.25) is 0 Å². The molecule has 2 saturated heterocycles. The molecule has 2 unspecified atom stereocenters. The molecule has 1 N–H and O–H groups in total. The summed E-state index contributed by atoms with van der Waals surface area (Å²) in [6.45, 7) is 8.73. The molecule has 0 radical (unpaired) electrons. The Balaban J connectivity index is 1.56. The molecular weight excluding hydrogens is 453 g/mol. The van der Waals surface area contributed by atoms with E-state index in [9.17, 15) is 9.18 Å². The molecule has 6 nitrogen and oxygen atoms in total. The number of hydrogen-bond donors (Lipinski definition) is 1. The van der Waals surface area contributed by atoms with E-state index in [0.717, 1.165) is 53.9 Å². The number of carbonyl (C=O) groups excluding carboxylic acids is 1. The molecule has 2 aromatic carbocycles. The van der Waals surface area contributed by atoms with Crippen molar-refractivity contribution in [3.8, 4) is 5.69 Å². The molecule has 0 saturated carbocycles. The number of nitrogens with one attached hydrogen (secondary N) is 1. The summed E-state index contributed by atoms with van der Waals surface area (Å²) in [6, 6.07) is 12.0. The number of piperidine rings is 1. The fourth-order valence-electron chi connectivity index (χ4n) is 5.57. The summed E-state index contributed by atoms with van der Waals surface area (Å²) in [5, 5.41) is 9.00. The van der Waals surface area contributed by atoms with Gasteiger partial charge in [-0.15, -0.1) is 0 Å². The maximum Gasteiger partial charge on any atom is 0.259 e. The van der Waals surface area contributed by atoms with Crippen LogP contribution in [-0.2, 0) is 4.79 Å². The smallest absolute Gasteiger partial charge is 0.259 e. The lowest BCUT2D eigenvalue weighted by molar-refractivity contribution is -0.129. The van der Waals surface area contributed by atoms with Gasteiger partial charge >= 0.3 is 0 Å². The summed E-state index contributed by atoms with van der Waals surface area (Å²) in [5.41, 5.74) is 4.98. The molecule has 0 bridgehead atoms. The molecule has 3 aromatic rings. The van der Waals surface area contributed by atoms with Gasteiger partial charge in [0.1, 0.15) is 5.82 Å². The Morgan fingerprint density at radius 2 is 1.89 bits per heavy atom. The molecule has 1 amide bonds. The highest BCUT2D eigenvalue weighted by molar-refractivity contribution is 6.12. The van der Waals surface area contributed by atoms with E-state index in [0.29, 0.717) is 5.57 Å². The molecule has 3 heterocycles. The van der Waals surface area contributed by atoms with Gasteiger partial charge in [0, 0.05) is 24.0 Å². The van der Waals surface area contributed by atoms with Crippen LogP contribution in [-0.4, -0.2) is 43.3 Å². The molecule has 1 aromatic heterocycles. The number of aryl methyl sites for hydroxylation is 2.